The number of hydrogen-bond donors (Lipinski definition) is 1. The van der Waals surface area contributed by atoms with Gasteiger partial charge in [0.05, 0.1) is 18.8 Å². The number of hydrogen-bond acceptors (Lipinski definition) is 3. The van der Waals surface area contributed by atoms with E-state index >= 15 is 0 Å². The third-order valence-electron chi connectivity index (χ3n) is 1.55. The maximum Gasteiger partial charge on any atom is 0.0891 e. The summed E-state index contributed by atoms with van der Waals surface area (Å²) in [6.07, 6.45) is 0.436. The second-order valence-corrected chi connectivity index (χ2v) is 2.15. The molecule has 1 saturated heterocycles. The van der Waals surface area contributed by atoms with Gasteiger partial charge in [0.2, 0.25) is 0 Å². The van der Waals surface area contributed by atoms with Crippen molar-refractivity contribution in [2.45, 2.75) is 18.6 Å². The van der Waals surface area contributed by atoms with Crippen molar-refractivity contribution in [1.82, 2.24) is 0 Å². The first-order valence-corrected chi connectivity index (χ1v) is 3.15. The van der Waals surface area contributed by atoms with E-state index < -0.39 is 0 Å². The normalized spacial score (nSPS) is 31.7. The maximum atomic E-state index is 8.65. The molecule has 0 saturated carbocycles. The fraction of sp³-hybridized carbons (Fsp3) is 1.00. The van der Waals surface area contributed by atoms with E-state index in [4.69, 9.17) is 15.4 Å². The van der Waals surface area contributed by atoms with Crippen LogP contribution in [0.2, 0.25) is 0 Å². The van der Waals surface area contributed by atoms with Crippen molar-refractivity contribution in [3.63, 3.8) is 0 Å². The first kappa shape index (κ1) is 7.34. The summed E-state index contributed by atoms with van der Waals surface area (Å²) >= 11 is 0. The Bertz CT molecular complexity index is 155. The smallest absolute Gasteiger partial charge is 0.0891 e. The third kappa shape index (κ3) is 1.39. The highest BCUT2D eigenvalue weighted by atomic mass is 16.5. The van der Waals surface area contributed by atoms with Gasteiger partial charge in [-0.1, -0.05) is 5.11 Å². The minimum atomic E-state index is -0.282. The van der Waals surface area contributed by atoms with E-state index in [1.165, 1.54) is 0 Å². The van der Waals surface area contributed by atoms with Crippen LogP contribution in [-0.2, 0) is 4.74 Å². The molecular weight excluding hydrogens is 134 g/mol. The molecule has 0 radical (unpaired) electrons. The number of azide groups is 1. The van der Waals surface area contributed by atoms with Crippen LogP contribution < -0.4 is 0 Å². The average molecular weight is 143 g/mol. The Balaban J connectivity index is 2.49. The van der Waals surface area contributed by atoms with E-state index in [1.807, 2.05) is 0 Å². The molecular formula is C5H9N3O2. The van der Waals surface area contributed by atoms with Crippen LogP contribution in [0.5, 0.6) is 0 Å². The molecule has 1 heterocycles. The number of nitrogens with zero attached hydrogens (tertiary/aromatic N) is 3. The second kappa shape index (κ2) is 3.41. The topological polar surface area (TPSA) is 78.2 Å². The van der Waals surface area contributed by atoms with E-state index in [0.29, 0.717) is 6.61 Å². The number of rotatable bonds is 2. The van der Waals surface area contributed by atoms with Crippen molar-refractivity contribution in [3.05, 3.63) is 10.4 Å². The van der Waals surface area contributed by atoms with E-state index in [2.05, 4.69) is 10.0 Å². The molecule has 5 heteroatoms. The molecule has 0 bridgehead atoms. The molecule has 2 atom stereocenters. The molecule has 1 aliphatic heterocycles. The Morgan fingerprint density at radius 1 is 1.80 bits per heavy atom. The summed E-state index contributed by atoms with van der Waals surface area (Å²) < 4.78 is 5.05. The third-order valence-corrected chi connectivity index (χ3v) is 1.55. The molecule has 2 unspecified atom stereocenters. The predicted octanol–water partition coefficient (Wildman–Crippen LogP) is 0.447. The second-order valence-electron chi connectivity index (χ2n) is 2.15. The van der Waals surface area contributed by atoms with Gasteiger partial charge in [0.25, 0.3) is 0 Å². The van der Waals surface area contributed by atoms with Crippen LogP contribution in [0.3, 0.4) is 0 Å². The van der Waals surface area contributed by atoms with E-state index in [0.717, 1.165) is 6.42 Å². The fourth-order valence-corrected chi connectivity index (χ4v) is 1.01. The summed E-state index contributed by atoms with van der Waals surface area (Å²) in [7, 11) is 0. The van der Waals surface area contributed by atoms with Crippen molar-refractivity contribution in [2.75, 3.05) is 13.2 Å². The molecule has 1 fully saturated rings. The quantitative estimate of drug-likeness (QED) is 0.346. The zero-order valence-electron chi connectivity index (χ0n) is 5.47. The molecule has 1 aliphatic rings. The summed E-state index contributed by atoms with van der Waals surface area (Å²) in [4.78, 5) is 2.65. The van der Waals surface area contributed by atoms with Crippen molar-refractivity contribution in [2.24, 2.45) is 5.11 Å². The van der Waals surface area contributed by atoms with Crippen LogP contribution in [0, 0.1) is 0 Å². The van der Waals surface area contributed by atoms with Gasteiger partial charge in [-0.2, -0.15) is 0 Å². The Labute approximate surface area is 58.2 Å². The molecule has 0 spiro atoms. The highest BCUT2D eigenvalue weighted by Crippen LogP contribution is 2.16. The number of aliphatic hydroxyl groups is 1. The fourth-order valence-electron chi connectivity index (χ4n) is 1.01. The van der Waals surface area contributed by atoms with Crippen LogP contribution in [0.15, 0.2) is 5.11 Å². The lowest BCUT2D eigenvalue weighted by Gasteiger charge is -2.08. The van der Waals surface area contributed by atoms with Gasteiger partial charge in [-0.3, -0.25) is 0 Å². The van der Waals surface area contributed by atoms with Crippen molar-refractivity contribution < 1.29 is 9.84 Å². The number of aliphatic hydroxyl groups excluding tert-OH is 1. The lowest BCUT2D eigenvalue weighted by Crippen LogP contribution is -2.22. The van der Waals surface area contributed by atoms with Crippen molar-refractivity contribution in [3.8, 4) is 0 Å². The molecule has 10 heavy (non-hydrogen) atoms. The lowest BCUT2D eigenvalue weighted by molar-refractivity contribution is 0.0529. The van der Waals surface area contributed by atoms with Gasteiger partial charge in [-0.15, -0.1) is 0 Å². The van der Waals surface area contributed by atoms with Gasteiger partial charge in [0.1, 0.15) is 0 Å². The Morgan fingerprint density at radius 3 is 3.20 bits per heavy atom. The molecule has 0 aromatic carbocycles. The van der Waals surface area contributed by atoms with E-state index in [-0.39, 0.29) is 18.8 Å². The molecule has 1 rings (SSSR count). The summed E-state index contributed by atoms with van der Waals surface area (Å²) in [5, 5.41) is 12.1. The maximum absolute atomic E-state index is 8.65. The molecule has 0 aromatic rings. The van der Waals surface area contributed by atoms with E-state index in [1.54, 1.807) is 0 Å². The Morgan fingerprint density at radius 2 is 2.60 bits per heavy atom. The lowest BCUT2D eigenvalue weighted by atomic mass is 10.2. The minimum absolute atomic E-state index is 0.0658. The summed E-state index contributed by atoms with van der Waals surface area (Å²) in [5.74, 6) is 0. The Hall–Kier alpha value is -0.770. The predicted molar refractivity (Wildman–Crippen MR) is 34.4 cm³/mol. The first-order chi connectivity index (χ1) is 4.88. The SMILES string of the molecule is [N-]=[N+]=NC1CCOC1CO. The Kier molecular flexibility index (Phi) is 2.50. The van der Waals surface area contributed by atoms with Crippen molar-refractivity contribution >= 4 is 0 Å². The van der Waals surface area contributed by atoms with Crippen LogP contribution >= 0.6 is 0 Å². The van der Waals surface area contributed by atoms with Crippen LogP contribution in [0.1, 0.15) is 6.42 Å². The van der Waals surface area contributed by atoms with Gasteiger partial charge < -0.3 is 9.84 Å². The van der Waals surface area contributed by atoms with Crippen LogP contribution in [-0.4, -0.2) is 30.5 Å². The van der Waals surface area contributed by atoms with Gasteiger partial charge in [-0.05, 0) is 12.0 Å². The van der Waals surface area contributed by atoms with Gasteiger partial charge in [0.15, 0.2) is 0 Å². The first-order valence-electron chi connectivity index (χ1n) is 3.15. The largest absolute Gasteiger partial charge is 0.394 e. The molecule has 56 valence electrons. The molecule has 1 N–H and O–H groups in total. The molecule has 0 amide bonds. The highest BCUT2D eigenvalue weighted by molar-refractivity contribution is 4.81. The summed E-state index contributed by atoms with van der Waals surface area (Å²) in [6, 6.07) is -0.171. The summed E-state index contributed by atoms with van der Waals surface area (Å²) in [6.45, 7) is 0.512. The van der Waals surface area contributed by atoms with Gasteiger partial charge in [-0.25, -0.2) is 0 Å². The standard InChI is InChI=1S/C5H9N3O2/c6-8-7-4-1-2-10-5(4)3-9/h4-5,9H,1-3H2. The highest BCUT2D eigenvalue weighted by Gasteiger charge is 2.25. The molecule has 0 aromatic heterocycles. The monoisotopic (exact) mass is 143 g/mol. The number of ether oxygens (including phenoxy) is 1. The minimum Gasteiger partial charge on any atom is -0.394 e. The van der Waals surface area contributed by atoms with Crippen molar-refractivity contribution in [1.29, 1.82) is 0 Å². The average Bonchev–Trinajstić information content (AvgIpc) is 2.36. The molecule has 5 nitrogen and oxygen atoms in total. The zero-order chi connectivity index (χ0) is 7.40. The van der Waals surface area contributed by atoms with Crippen LogP contribution in [0.4, 0.5) is 0 Å². The zero-order valence-corrected chi connectivity index (χ0v) is 5.47. The van der Waals surface area contributed by atoms with Crippen LogP contribution in [0.25, 0.3) is 10.4 Å². The van der Waals surface area contributed by atoms with Gasteiger partial charge in [0, 0.05) is 11.5 Å². The molecule has 0 aliphatic carbocycles. The summed E-state index contributed by atoms with van der Waals surface area (Å²) in [5.41, 5.74) is 8.06. The van der Waals surface area contributed by atoms with Gasteiger partial charge >= 0.3 is 0 Å². The van der Waals surface area contributed by atoms with E-state index in [9.17, 15) is 0 Å².